The standard InChI is InChI=1S/C25H26FN5O2/c1-30-14-6-9-22(30)24(32)27-13-12-19(15-17-7-4-3-5-8-17)31(2)25(33)23-20-11-10-18(26)16-21(20)28-29-23/h3-11,14,16,19H,12-13,15H2,1-2H3,(H,27,32)(H,28,29). The van der Waals surface area contributed by atoms with Gasteiger partial charge in [-0.1, -0.05) is 30.3 Å². The van der Waals surface area contributed by atoms with Crippen LogP contribution in [0.2, 0.25) is 0 Å². The molecule has 0 fully saturated rings. The molecule has 0 saturated heterocycles. The third kappa shape index (κ3) is 4.95. The highest BCUT2D eigenvalue weighted by Gasteiger charge is 2.25. The minimum Gasteiger partial charge on any atom is -0.351 e. The first-order valence-electron chi connectivity index (χ1n) is 10.8. The molecule has 0 bridgehead atoms. The van der Waals surface area contributed by atoms with Gasteiger partial charge in [-0.25, -0.2) is 4.39 Å². The van der Waals surface area contributed by atoms with Crippen molar-refractivity contribution in [1.82, 2.24) is 25.0 Å². The number of likely N-dealkylation sites (N-methyl/N-ethyl adjacent to an activating group) is 1. The molecule has 170 valence electrons. The number of aromatic nitrogens is 3. The molecular weight excluding hydrogens is 421 g/mol. The monoisotopic (exact) mass is 447 g/mol. The van der Waals surface area contributed by atoms with Crippen LogP contribution in [0.5, 0.6) is 0 Å². The Bertz CT molecular complexity index is 1260. The van der Waals surface area contributed by atoms with Gasteiger partial charge < -0.3 is 14.8 Å². The highest BCUT2D eigenvalue weighted by atomic mass is 19.1. The average molecular weight is 448 g/mol. The number of rotatable bonds is 8. The molecule has 0 spiro atoms. The van der Waals surface area contributed by atoms with Crippen molar-refractivity contribution in [3.05, 3.63) is 89.6 Å². The number of carbonyl (C=O) groups excluding carboxylic acids is 2. The van der Waals surface area contributed by atoms with Gasteiger partial charge in [0.15, 0.2) is 5.69 Å². The van der Waals surface area contributed by atoms with Gasteiger partial charge in [0.1, 0.15) is 11.5 Å². The lowest BCUT2D eigenvalue weighted by Crippen LogP contribution is -2.41. The molecule has 4 aromatic rings. The predicted octanol–water partition coefficient (Wildman–Crippen LogP) is 3.54. The van der Waals surface area contributed by atoms with Gasteiger partial charge >= 0.3 is 0 Å². The third-order valence-electron chi connectivity index (χ3n) is 5.85. The van der Waals surface area contributed by atoms with Gasteiger partial charge in [0.25, 0.3) is 11.8 Å². The smallest absolute Gasteiger partial charge is 0.274 e. The van der Waals surface area contributed by atoms with Crippen molar-refractivity contribution < 1.29 is 14.0 Å². The van der Waals surface area contributed by atoms with Crippen LogP contribution in [0, 0.1) is 5.82 Å². The zero-order valence-corrected chi connectivity index (χ0v) is 18.6. The molecule has 8 heteroatoms. The fraction of sp³-hybridized carbons (Fsp3) is 0.240. The van der Waals surface area contributed by atoms with E-state index in [2.05, 4.69) is 15.5 Å². The number of fused-ring (bicyclic) bond motifs is 1. The van der Waals surface area contributed by atoms with Crippen LogP contribution in [0.1, 0.15) is 33.0 Å². The van der Waals surface area contributed by atoms with E-state index in [1.165, 1.54) is 12.1 Å². The number of hydrogen-bond acceptors (Lipinski definition) is 3. The van der Waals surface area contributed by atoms with Gasteiger partial charge in [-0.05, 0) is 48.7 Å². The summed E-state index contributed by atoms with van der Waals surface area (Å²) in [5.41, 5.74) is 2.39. The van der Waals surface area contributed by atoms with Crippen LogP contribution in [0.3, 0.4) is 0 Å². The molecule has 0 aliphatic carbocycles. The molecule has 33 heavy (non-hydrogen) atoms. The van der Waals surface area contributed by atoms with Crippen molar-refractivity contribution in [2.75, 3.05) is 13.6 Å². The molecule has 0 aliphatic rings. The number of carbonyl (C=O) groups is 2. The van der Waals surface area contributed by atoms with E-state index in [0.29, 0.717) is 36.0 Å². The Balaban J connectivity index is 1.51. The van der Waals surface area contributed by atoms with Gasteiger partial charge in [-0.2, -0.15) is 5.10 Å². The van der Waals surface area contributed by atoms with E-state index in [9.17, 15) is 14.0 Å². The Labute approximate surface area is 191 Å². The van der Waals surface area contributed by atoms with Crippen LogP contribution in [0.25, 0.3) is 10.9 Å². The molecule has 0 radical (unpaired) electrons. The molecular formula is C25H26FN5O2. The highest BCUT2D eigenvalue weighted by Crippen LogP contribution is 2.20. The quantitative estimate of drug-likeness (QED) is 0.433. The second-order valence-electron chi connectivity index (χ2n) is 8.07. The van der Waals surface area contributed by atoms with Crippen LogP contribution >= 0.6 is 0 Å². The molecule has 1 unspecified atom stereocenters. The molecule has 4 rings (SSSR count). The first kappa shape index (κ1) is 22.3. The summed E-state index contributed by atoms with van der Waals surface area (Å²) in [6.07, 6.45) is 3.00. The van der Waals surface area contributed by atoms with E-state index in [4.69, 9.17) is 0 Å². The molecule has 2 heterocycles. The minimum atomic E-state index is -0.394. The Kier molecular flexibility index (Phi) is 6.53. The first-order valence-corrected chi connectivity index (χ1v) is 10.8. The Morgan fingerprint density at radius 3 is 2.67 bits per heavy atom. The topological polar surface area (TPSA) is 83.0 Å². The Hall–Kier alpha value is -3.94. The number of nitrogens with zero attached hydrogens (tertiary/aromatic N) is 3. The molecule has 2 aromatic carbocycles. The largest absolute Gasteiger partial charge is 0.351 e. The molecule has 0 saturated carbocycles. The highest BCUT2D eigenvalue weighted by molar-refractivity contribution is 6.04. The number of amides is 2. The second kappa shape index (κ2) is 9.68. The lowest BCUT2D eigenvalue weighted by atomic mass is 10.0. The number of nitrogens with one attached hydrogen (secondary N) is 2. The number of H-pyrrole nitrogens is 1. The van der Waals surface area contributed by atoms with E-state index in [-0.39, 0.29) is 23.6 Å². The van der Waals surface area contributed by atoms with Crippen molar-refractivity contribution in [3.63, 3.8) is 0 Å². The van der Waals surface area contributed by atoms with E-state index in [1.54, 1.807) is 28.6 Å². The normalized spacial score (nSPS) is 12.0. The molecule has 2 N–H and O–H groups in total. The first-order chi connectivity index (χ1) is 15.9. The van der Waals surface area contributed by atoms with Crippen LogP contribution in [0.15, 0.2) is 66.9 Å². The summed E-state index contributed by atoms with van der Waals surface area (Å²) in [5, 5.41) is 10.4. The zero-order chi connectivity index (χ0) is 23.4. The number of aryl methyl sites for hydroxylation is 1. The summed E-state index contributed by atoms with van der Waals surface area (Å²) in [5.74, 6) is -0.813. The minimum absolute atomic E-state index is 0.157. The van der Waals surface area contributed by atoms with Crippen molar-refractivity contribution in [2.45, 2.75) is 18.9 Å². The Morgan fingerprint density at radius 2 is 1.94 bits per heavy atom. The van der Waals surface area contributed by atoms with Crippen LogP contribution in [-0.4, -0.2) is 51.1 Å². The predicted molar refractivity (Wildman–Crippen MR) is 124 cm³/mol. The van der Waals surface area contributed by atoms with Crippen molar-refractivity contribution in [2.24, 2.45) is 7.05 Å². The van der Waals surface area contributed by atoms with Crippen molar-refractivity contribution in [3.8, 4) is 0 Å². The number of halogens is 1. The maximum absolute atomic E-state index is 13.5. The van der Waals surface area contributed by atoms with E-state index < -0.39 is 5.82 Å². The molecule has 7 nitrogen and oxygen atoms in total. The van der Waals surface area contributed by atoms with Crippen molar-refractivity contribution >= 4 is 22.7 Å². The van der Waals surface area contributed by atoms with E-state index in [0.717, 1.165) is 5.56 Å². The van der Waals surface area contributed by atoms with E-state index in [1.807, 2.05) is 49.6 Å². The summed E-state index contributed by atoms with van der Waals surface area (Å²) in [6.45, 7) is 0.408. The summed E-state index contributed by atoms with van der Waals surface area (Å²) < 4.78 is 15.3. The lowest BCUT2D eigenvalue weighted by Gasteiger charge is -2.28. The van der Waals surface area contributed by atoms with Crippen molar-refractivity contribution in [1.29, 1.82) is 0 Å². The van der Waals surface area contributed by atoms with Gasteiger partial charge in [0.05, 0.1) is 5.52 Å². The van der Waals surface area contributed by atoms with Crippen LogP contribution < -0.4 is 5.32 Å². The number of benzene rings is 2. The molecule has 1 atom stereocenters. The maximum Gasteiger partial charge on any atom is 0.274 e. The van der Waals surface area contributed by atoms with Crippen LogP contribution in [0.4, 0.5) is 4.39 Å². The van der Waals surface area contributed by atoms with Gasteiger partial charge in [0, 0.05) is 38.3 Å². The van der Waals surface area contributed by atoms with Gasteiger partial charge in [-0.15, -0.1) is 0 Å². The lowest BCUT2D eigenvalue weighted by molar-refractivity contribution is 0.0718. The Morgan fingerprint density at radius 1 is 1.15 bits per heavy atom. The third-order valence-corrected chi connectivity index (χ3v) is 5.85. The molecule has 2 amide bonds. The summed E-state index contributed by atoms with van der Waals surface area (Å²) in [6, 6.07) is 17.5. The fourth-order valence-electron chi connectivity index (χ4n) is 3.95. The average Bonchev–Trinajstić information content (AvgIpc) is 3.43. The van der Waals surface area contributed by atoms with E-state index >= 15 is 0 Å². The maximum atomic E-state index is 13.5. The van der Waals surface area contributed by atoms with Gasteiger partial charge in [-0.3, -0.25) is 14.7 Å². The summed E-state index contributed by atoms with van der Waals surface area (Å²) in [4.78, 5) is 27.5. The van der Waals surface area contributed by atoms with Gasteiger partial charge in [0.2, 0.25) is 0 Å². The second-order valence-corrected chi connectivity index (χ2v) is 8.07. The fourth-order valence-corrected chi connectivity index (χ4v) is 3.95. The molecule has 0 aliphatic heterocycles. The zero-order valence-electron chi connectivity index (χ0n) is 18.6. The SMILES string of the molecule is CN(C(=O)c1n[nH]c2cc(F)ccc12)C(CCNC(=O)c1cccn1C)Cc1ccccc1. The molecule has 2 aromatic heterocycles. The summed E-state index contributed by atoms with van der Waals surface area (Å²) >= 11 is 0. The number of hydrogen-bond donors (Lipinski definition) is 2. The number of aromatic amines is 1. The summed E-state index contributed by atoms with van der Waals surface area (Å²) in [7, 11) is 3.55. The van der Waals surface area contributed by atoms with Crippen LogP contribution in [-0.2, 0) is 13.5 Å².